The van der Waals surface area contributed by atoms with Gasteiger partial charge in [-0.2, -0.15) is 0 Å². The highest BCUT2D eigenvalue weighted by atomic mass is 19.1. The van der Waals surface area contributed by atoms with E-state index in [9.17, 15) is 4.39 Å². The van der Waals surface area contributed by atoms with E-state index in [-0.39, 0.29) is 0 Å². The van der Waals surface area contributed by atoms with Crippen LogP contribution in [0.3, 0.4) is 0 Å². The number of hydrogen-bond acceptors (Lipinski definition) is 0. The van der Waals surface area contributed by atoms with Gasteiger partial charge in [-0.1, -0.05) is 13.5 Å². The molecule has 1 unspecified atom stereocenters. The van der Waals surface area contributed by atoms with Gasteiger partial charge in [0.2, 0.25) is 0 Å². The Bertz CT molecular complexity index is 92.6. The second kappa shape index (κ2) is 2.29. The van der Waals surface area contributed by atoms with E-state index in [1.54, 1.807) is 13.8 Å². The molecule has 48 valence electrons. The van der Waals surface area contributed by atoms with Gasteiger partial charge < -0.3 is 0 Å². The van der Waals surface area contributed by atoms with Crippen LogP contribution in [0.5, 0.6) is 0 Å². The predicted octanol–water partition coefficient (Wildman–Crippen LogP) is 2.70. The summed E-state index contributed by atoms with van der Waals surface area (Å²) in [4.78, 5) is 0. The Morgan fingerprint density at radius 3 is 2.12 bits per heavy atom. The van der Waals surface area contributed by atoms with Crippen LogP contribution in [-0.2, 0) is 0 Å². The van der Waals surface area contributed by atoms with E-state index in [1.165, 1.54) is 0 Å². The molecule has 0 spiro atoms. The number of rotatable bonds is 2. The van der Waals surface area contributed by atoms with E-state index < -0.39 is 5.67 Å². The zero-order valence-electron chi connectivity index (χ0n) is 5.79. The molecule has 0 nitrogen and oxygen atoms in total. The van der Waals surface area contributed by atoms with Crippen LogP contribution in [-0.4, -0.2) is 5.67 Å². The maximum atomic E-state index is 12.8. The Morgan fingerprint density at radius 2 is 2.12 bits per heavy atom. The predicted molar refractivity (Wildman–Crippen MR) is 34.6 cm³/mol. The maximum Gasteiger partial charge on any atom is 0.128 e. The minimum Gasteiger partial charge on any atom is -0.239 e. The van der Waals surface area contributed by atoms with E-state index in [0.717, 1.165) is 0 Å². The number of alkyl halides is 1. The molecule has 0 radical (unpaired) electrons. The molecule has 0 aliphatic rings. The lowest BCUT2D eigenvalue weighted by molar-refractivity contribution is 0.233. The van der Waals surface area contributed by atoms with Gasteiger partial charge in [-0.25, -0.2) is 4.39 Å². The van der Waals surface area contributed by atoms with Crippen molar-refractivity contribution >= 4 is 0 Å². The average molecular weight is 116 g/mol. The van der Waals surface area contributed by atoms with Gasteiger partial charge in [0, 0.05) is 0 Å². The summed E-state index contributed by atoms with van der Waals surface area (Å²) in [5.41, 5.74) is -0.542. The zero-order valence-corrected chi connectivity index (χ0v) is 5.79. The summed E-state index contributed by atoms with van der Waals surface area (Å²) < 4.78 is 12.8. The topological polar surface area (TPSA) is 0 Å². The Balaban J connectivity index is 3.91. The normalized spacial score (nSPS) is 17.5. The van der Waals surface area contributed by atoms with E-state index in [0.29, 0.717) is 12.0 Å². The van der Waals surface area contributed by atoms with Gasteiger partial charge in [0.05, 0.1) is 0 Å². The summed E-state index contributed by atoms with van der Waals surface area (Å²) >= 11 is 0. The summed E-state index contributed by atoms with van der Waals surface area (Å²) in [7, 11) is 0. The molecular weight excluding hydrogens is 103 g/mol. The highest BCUT2D eigenvalue weighted by Crippen LogP contribution is 2.22. The van der Waals surface area contributed by atoms with Gasteiger partial charge in [-0.3, -0.25) is 0 Å². The van der Waals surface area contributed by atoms with Gasteiger partial charge >= 0.3 is 0 Å². The Morgan fingerprint density at radius 1 is 1.75 bits per heavy atom. The first-order chi connectivity index (χ1) is 3.50. The molecule has 0 aromatic heterocycles. The molecule has 0 N–H and O–H groups in total. The fourth-order valence-corrected chi connectivity index (χ4v) is 0.302. The van der Waals surface area contributed by atoms with Crippen molar-refractivity contribution in [1.29, 1.82) is 0 Å². The first-order valence-electron chi connectivity index (χ1n) is 2.85. The molecule has 0 aromatic rings. The summed E-state index contributed by atoms with van der Waals surface area (Å²) in [6.45, 7) is 8.60. The molecule has 0 bridgehead atoms. The van der Waals surface area contributed by atoms with Gasteiger partial charge in [0.15, 0.2) is 0 Å². The number of halogens is 1. The van der Waals surface area contributed by atoms with Crippen LogP contribution < -0.4 is 0 Å². The molecule has 1 heteroatoms. The third-order valence-corrected chi connectivity index (χ3v) is 1.55. The van der Waals surface area contributed by atoms with E-state index in [1.807, 2.05) is 6.92 Å². The van der Waals surface area contributed by atoms with Crippen molar-refractivity contribution in [3.8, 4) is 0 Å². The zero-order chi connectivity index (χ0) is 6.78. The molecule has 0 aliphatic carbocycles. The van der Waals surface area contributed by atoms with Crippen molar-refractivity contribution < 1.29 is 4.39 Å². The van der Waals surface area contributed by atoms with Gasteiger partial charge in [-0.15, -0.1) is 0 Å². The number of allylic oxidation sites excluding steroid dienone is 1. The Hall–Kier alpha value is -0.330. The molecule has 8 heavy (non-hydrogen) atoms. The molecule has 0 heterocycles. The Labute approximate surface area is 50.4 Å². The number of hydrogen-bond donors (Lipinski definition) is 0. The quantitative estimate of drug-likeness (QED) is 0.486. The van der Waals surface area contributed by atoms with Crippen LogP contribution in [0.2, 0.25) is 0 Å². The van der Waals surface area contributed by atoms with Crippen LogP contribution >= 0.6 is 0 Å². The fourth-order valence-electron chi connectivity index (χ4n) is 0.302. The highest BCUT2D eigenvalue weighted by Gasteiger charge is 2.20. The lowest BCUT2D eigenvalue weighted by Gasteiger charge is -2.16. The molecule has 0 aromatic carbocycles. The van der Waals surface area contributed by atoms with Crippen molar-refractivity contribution in [2.24, 2.45) is 0 Å². The molecule has 1 atom stereocenters. The highest BCUT2D eigenvalue weighted by molar-refractivity contribution is 5.06. The SMILES string of the molecule is C=C(C)C(C)(F)CC. The largest absolute Gasteiger partial charge is 0.239 e. The fraction of sp³-hybridized carbons (Fsp3) is 0.714. The molecule has 0 rings (SSSR count). The van der Waals surface area contributed by atoms with Gasteiger partial charge in [0.1, 0.15) is 5.67 Å². The smallest absolute Gasteiger partial charge is 0.128 e. The van der Waals surface area contributed by atoms with Crippen molar-refractivity contribution in [3.63, 3.8) is 0 Å². The van der Waals surface area contributed by atoms with Crippen molar-refractivity contribution in [2.45, 2.75) is 32.9 Å². The van der Waals surface area contributed by atoms with E-state index in [2.05, 4.69) is 6.58 Å². The van der Waals surface area contributed by atoms with Crippen molar-refractivity contribution in [3.05, 3.63) is 12.2 Å². The first kappa shape index (κ1) is 7.67. The lowest BCUT2D eigenvalue weighted by atomic mass is 9.98. The maximum absolute atomic E-state index is 12.8. The summed E-state index contributed by atoms with van der Waals surface area (Å²) in [5, 5.41) is 0. The van der Waals surface area contributed by atoms with Gasteiger partial charge in [0.25, 0.3) is 0 Å². The van der Waals surface area contributed by atoms with E-state index >= 15 is 0 Å². The summed E-state index contributed by atoms with van der Waals surface area (Å²) in [5.74, 6) is 0. The first-order valence-corrected chi connectivity index (χ1v) is 2.85. The second-order valence-electron chi connectivity index (χ2n) is 2.33. The molecule has 0 saturated carbocycles. The minimum atomic E-state index is -1.15. The molecule has 0 saturated heterocycles. The summed E-state index contributed by atoms with van der Waals surface area (Å²) in [6.07, 6.45) is 0.516. The molecule has 0 amide bonds. The molecule has 0 fully saturated rings. The van der Waals surface area contributed by atoms with Crippen LogP contribution in [0, 0.1) is 0 Å². The summed E-state index contributed by atoms with van der Waals surface area (Å²) in [6, 6.07) is 0. The molecular formula is C7H13F. The van der Waals surface area contributed by atoms with Crippen molar-refractivity contribution in [1.82, 2.24) is 0 Å². The van der Waals surface area contributed by atoms with Crippen molar-refractivity contribution in [2.75, 3.05) is 0 Å². The average Bonchev–Trinajstić information content (AvgIpc) is 1.67. The monoisotopic (exact) mass is 116 g/mol. The van der Waals surface area contributed by atoms with E-state index in [4.69, 9.17) is 0 Å². The third-order valence-electron chi connectivity index (χ3n) is 1.55. The van der Waals surface area contributed by atoms with Crippen LogP contribution in [0.1, 0.15) is 27.2 Å². The van der Waals surface area contributed by atoms with Crippen LogP contribution in [0.15, 0.2) is 12.2 Å². The lowest BCUT2D eigenvalue weighted by Crippen LogP contribution is -2.16. The standard InChI is InChI=1S/C7H13F/c1-5-7(4,8)6(2)3/h2,5H2,1,3-4H3. The van der Waals surface area contributed by atoms with Gasteiger partial charge in [-0.05, 0) is 25.8 Å². The minimum absolute atomic E-state index is 0.516. The Kier molecular flexibility index (Phi) is 2.20. The van der Waals surface area contributed by atoms with Crippen LogP contribution in [0.25, 0.3) is 0 Å². The second-order valence-corrected chi connectivity index (χ2v) is 2.33. The van der Waals surface area contributed by atoms with Crippen LogP contribution in [0.4, 0.5) is 4.39 Å². The third kappa shape index (κ3) is 1.65. The molecule has 0 aliphatic heterocycles.